The first-order chi connectivity index (χ1) is 17.3. The van der Waals surface area contributed by atoms with E-state index in [9.17, 15) is 9.00 Å². The number of hydrogen-bond acceptors (Lipinski definition) is 7. The Bertz CT molecular complexity index is 1260. The van der Waals surface area contributed by atoms with Crippen molar-refractivity contribution in [2.75, 3.05) is 44.5 Å². The number of methoxy groups -OCH3 is 2. The van der Waals surface area contributed by atoms with Gasteiger partial charge in [0.15, 0.2) is 11.5 Å². The molecule has 0 spiro atoms. The quantitative estimate of drug-likeness (QED) is 0.453. The van der Waals surface area contributed by atoms with Crippen LogP contribution >= 0.6 is 0 Å². The monoisotopic (exact) mass is 511 g/mol. The summed E-state index contributed by atoms with van der Waals surface area (Å²) < 4.78 is 29.4. The molecule has 0 radical (unpaired) electrons. The Morgan fingerprint density at radius 3 is 2.58 bits per heavy atom. The second kappa shape index (κ2) is 11.2. The lowest BCUT2D eigenvalue weighted by Gasteiger charge is -2.41. The highest BCUT2D eigenvalue weighted by molar-refractivity contribution is 7.84. The maximum absolute atomic E-state index is 12.9. The topological polar surface area (TPSA) is 85.1 Å². The summed E-state index contributed by atoms with van der Waals surface area (Å²) in [6.45, 7) is 7.96. The van der Waals surface area contributed by atoms with Crippen LogP contribution in [0, 0.1) is 13.8 Å². The van der Waals surface area contributed by atoms with Crippen molar-refractivity contribution in [3.63, 3.8) is 0 Å². The van der Waals surface area contributed by atoms with E-state index in [0.717, 1.165) is 12.1 Å². The van der Waals surface area contributed by atoms with E-state index < -0.39 is 10.8 Å². The summed E-state index contributed by atoms with van der Waals surface area (Å²) in [5.41, 5.74) is 3.70. The number of piperazine rings is 1. The summed E-state index contributed by atoms with van der Waals surface area (Å²) in [6.07, 6.45) is 0. The van der Waals surface area contributed by atoms with Crippen LogP contribution in [0.15, 0.2) is 46.9 Å². The summed E-state index contributed by atoms with van der Waals surface area (Å²) >= 11 is 0. The number of nitrogens with zero attached hydrogens (tertiary/aromatic N) is 3. The van der Waals surface area contributed by atoms with E-state index in [2.05, 4.69) is 48.0 Å². The molecule has 4 rings (SSSR count). The summed E-state index contributed by atoms with van der Waals surface area (Å²) in [7, 11) is 1.74. The van der Waals surface area contributed by atoms with Gasteiger partial charge in [0.2, 0.25) is 11.8 Å². The molecule has 2 heterocycles. The zero-order valence-electron chi connectivity index (χ0n) is 21.4. The Labute approximate surface area is 214 Å². The van der Waals surface area contributed by atoms with E-state index in [1.807, 2.05) is 11.0 Å². The van der Waals surface area contributed by atoms with Crippen LogP contribution in [0.4, 0.5) is 5.69 Å². The molecule has 2 aromatic carbocycles. The van der Waals surface area contributed by atoms with E-state index in [1.165, 1.54) is 11.3 Å². The van der Waals surface area contributed by atoms with E-state index in [4.69, 9.17) is 13.9 Å². The van der Waals surface area contributed by atoms with Crippen molar-refractivity contribution in [1.82, 2.24) is 9.88 Å². The second-order valence-corrected chi connectivity index (χ2v) is 10.5. The summed E-state index contributed by atoms with van der Waals surface area (Å²) in [5.74, 6) is 2.21. The number of aryl methyl sites for hydroxylation is 2. The standard InChI is InChI=1S/C27H33N3O5S/c1-18-7-6-8-22(13-18)30-12-11-29(15-19(30)2)26(31)17-36(32)16-23-20(3)35-27(28-23)21-9-10-24(33-4)25(14-21)34-5/h6-10,13-14,19H,11-12,15-17H2,1-5H3. The molecule has 0 aliphatic carbocycles. The van der Waals surface area contributed by atoms with Gasteiger partial charge >= 0.3 is 0 Å². The zero-order chi connectivity index (χ0) is 25.8. The Balaban J connectivity index is 1.36. The SMILES string of the molecule is COc1ccc(-c2nc(CS(=O)CC(=O)N3CCN(c4cccc(C)c4)C(C)C3)c(C)o2)cc1OC. The normalized spacial score (nSPS) is 16.6. The number of aromatic nitrogens is 1. The largest absolute Gasteiger partial charge is 0.493 e. The van der Waals surface area contributed by atoms with Crippen LogP contribution in [0.25, 0.3) is 11.5 Å². The van der Waals surface area contributed by atoms with Crippen LogP contribution in [0.3, 0.4) is 0 Å². The van der Waals surface area contributed by atoms with Crippen LogP contribution in [0.5, 0.6) is 11.5 Å². The third-order valence-electron chi connectivity index (χ3n) is 6.42. The molecule has 1 saturated heterocycles. The summed E-state index contributed by atoms with van der Waals surface area (Å²) in [5, 5.41) is 0. The smallest absolute Gasteiger partial charge is 0.235 e. The first-order valence-electron chi connectivity index (χ1n) is 11.9. The van der Waals surface area contributed by atoms with E-state index in [-0.39, 0.29) is 23.5 Å². The molecule has 36 heavy (non-hydrogen) atoms. The molecular formula is C27H33N3O5S. The Morgan fingerprint density at radius 1 is 1.11 bits per heavy atom. The minimum Gasteiger partial charge on any atom is -0.493 e. The molecule has 1 aliphatic heterocycles. The molecule has 0 N–H and O–H groups in total. The average Bonchev–Trinajstić information content (AvgIpc) is 3.23. The molecule has 0 bridgehead atoms. The van der Waals surface area contributed by atoms with Gasteiger partial charge in [-0.2, -0.15) is 0 Å². The van der Waals surface area contributed by atoms with Gasteiger partial charge in [-0.15, -0.1) is 0 Å². The van der Waals surface area contributed by atoms with Crippen molar-refractivity contribution in [3.05, 3.63) is 59.5 Å². The number of anilines is 1. The molecule has 1 fully saturated rings. The maximum Gasteiger partial charge on any atom is 0.235 e. The zero-order valence-corrected chi connectivity index (χ0v) is 22.3. The molecule has 0 saturated carbocycles. The van der Waals surface area contributed by atoms with E-state index in [0.29, 0.717) is 41.9 Å². The molecule has 192 valence electrons. The van der Waals surface area contributed by atoms with Gasteiger partial charge in [0.05, 0.1) is 25.7 Å². The molecule has 1 aliphatic rings. The fourth-order valence-electron chi connectivity index (χ4n) is 4.46. The van der Waals surface area contributed by atoms with Crippen LogP contribution < -0.4 is 14.4 Å². The van der Waals surface area contributed by atoms with Gasteiger partial charge in [0.1, 0.15) is 11.5 Å². The van der Waals surface area contributed by atoms with Crippen molar-refractivity contribution in [3.8, 4) is 23.0 Å². The Hall–Kier alpha value is -3.33. The number of ether oxygens (including phenoxy) is 2. The molecule has 3 aromatic rings. The van der Waals surface area contributed by atoms with Crippen LogP contribution in [0.1, 0.15) is 23.9 Å². The van der Waals surface area contributed by atoms with Gasteiger partial charge in [0.25, 0.3) is 0 Å². The Morgan fingerprint density at radius 2 is 1.89 bits per heavy atom. The first-order valence-corrected chi connectivity index (χ1v) is 13.4. The number of amides is 1. The molecule has 8 nitrogen and oxygen atoms in total. The minimum atomic E-state index is -1.40. The van der Waals surface area contributed by atoms with Crippen LogP contribution in [0.2, 0.25) is 0 Å². The minimum absolute atomic E-state index is 0.0326. The highest BCUT2D eigenvalue weighted by Crippen LogP contribution is 2.32. The molecule has 2 atom stereocenters. The number of rotatable bonds is 8. The third-order valence-corrected chi connectivity index (χ3v) is 7.58. The van der Waals surface area contributed by atoms with Gasteiger partial charge < -0.3 is 23.7 Å². The van der Waals surface area contributed by atoms with Crippen LogP contribution in [-0.2, 0) is 21.3 Å². The first kappa shape index (κ1) is 25.8. The van der Waals surface area contributed by atoms with Crippen molar-refractivity contribution in [2.24, 2.45) is 0 Å². The van der Waals surface area contributed by atoms with E-state index >= 15 is 0 Å². The lowest BCUT2D eigenvalue weighted by Crippen LogP contribution is -2.54. The highest BCUT2D eigenvalue weighted by Gasteiger charge is 2.28. The fraction of sp³-hybridized carbons (Fsp3) is 0.407. The van der Waals surface area contributed by atoms with Crippen LogP contribution in [-0.4, -0.2) is 65.6 Å². The number of benzene rings is 2. The second-order valence-electron chi connectivity index (χ2n) is 9.04. The number of oxazole rings is 1. The van der Waals surface area contributed by atoms with Gasteiger partial charge in [-0.05, 0) is 56.7 Å². The number of hydrogen-bond donors (Lipinski definition) is 0. The Kier molecular flexibility index (Phi) is 7.98. The summed E-state index contributed by atoms with van der Waals surface area (Å²) in [4.78, 5) is 21.6. The molecular weight excluding hydrogens is 478 g/mol. The predicted molar refractivity (Wildman–Crippen MR) is 141 cm³/mol. The predicted octanol–water partition coefficient (Wildman–Crippen LogP) is 3.96. The average molecular weight is 512 g/mol. The molecule has 9 heteroatoms. The van der Waals surface area contributed by atoms with Crippen molar-refractivity contribution < 1.29 is 22.9 Å². The molecule has 2 unspecified atom stereocenters. The third kappa shape index (κ3) is 5.73. The van der Waals surface area contributed by atoms with Gasteiger partial charge in [-0.1, -0.05) is 12.1 Å². The lowest BCUT2D eigenvalue weighted by molar-refractivity contribution is -0.129. The highest BCUT2D eigenvalue weighted by atomic mass is 32.2. The number of carbonyl (C=O) groups is 1. The van der Waals surface area contributed by atoms with E-state index in [1.54, 1.807) is 33.3 Å². The van der Waals surface area contributed by atoms with Crippen molar-refractivity contribution >= 4 is 22.4 Å². The fourth-order valence-corrected chi connectivity index (χ4v) is 5.59. The van der Waals surface area contributed by atoms with Gasteiger partial charge in [-0.3, -0.25) is 9.00 Å². The van der Waals surface area contributed by atoms with Gasteiger partial charge in [0, 0.05) is 47.7 Å². The summed E-state index contributed by atoms with van der Waals surface area (Å²) in [6, 6.07) is 14.0. The maximum atomic E-state index is 12.9. The molecule has 1 amide bonds. The van der Waals surface area contributed by atoms with Crippen molar-refractivity contribution in [2.45, 2.75) is 32.6 Å². The number of carbonyl (C=O) groups excluding carboxylic acids is 1. The van der Waals surface area contributed by atoms with Crippen molar-refractivity contribution in [1.29, 1.82) is 0 Å². The lowest BCUT2D eigenvalue weighted by atomic mass is 10.1. The molecule has 1 aromatic heterocycles. The van der Waals surface area contributed by atoms with Gasteiger partial charge in [-0.25, -0.2) is 4.98 Å².